The largest absolute Gasteiger partial charge is 0.462 e. The number of carbonyl (C=O) groups excluding carboxylic acids is 3. The van der Waals surface area contributed by atoms with E-state index in [1.165, 1.54) is 141 Å². The highest BCUT2D eigenvalue weighted by Gasteiger charge is 2.19. The molecule has 0 aliphatic carbocycles. The van der Waals surface area contributed by atoms with Crippen LogP contribution in [0.5, 0.6) is 0 Å². The van der Waals surface area contributed by atoms with Gasteiger partial charge in [-0.2, -0.15) is 0 Å². The van der Waals surface area contributed by atoms with Crippen molar-refractivity contribution in [1.29, 1.82) is 0 Å². The first-order valence-electron chi connectivity index (χ1n) is 31.2. The van der Waals surface area contributed by atoms with Crippen LogP contribution in [0.4, 0.5) is 0 Å². The monoisotopic (exact) mass is 1030 g/mol. The number of hydrogen-bond donors (Lipinski definition) is 0. The summed E-state index contributed by atoms with van der Waals surface area (Å²) >= 11 is 0. The summed E-state index contributed by atoms with van der Waals surface area (Å²) < 4.78 is 16.8. The zero-order valence-corrected chi connectivity index (χ0v) is 48.6. The van der Waals surface area contributed by atoms with Gasteiger partial charge in [0.05, 0.1) is 0 Å². The van der Waals surface area contributed by atoms with Crippen LogP contribution in [-0.2, 0) is 28.6 Å². The number of unbranched alkanes of at least 4 members (excludes halogenated alkanes) is 29. The second kappa shape index (κ2) is 61.9. The van der Waals surface area contributed by atoms with Gasteiger partial charge in [0.25, 0.3) is 0 Å². The van der Waals surface area contributed by atoms with Crippen LogP contribution >= 0.6 is 0 Å². The molecule has 0 aliphatic rings. The zero-order chi connectivity index (χ0) is 53.6. The molecule has 6 heteroatoms. The molecule has 1 unspecified atom stereocenters. The van der Waals surface area contributed by atoms with E-state index in [4.69, 9.17) is 14.2 Å². The summed E-state index contributed by atoms with van der Waals surface area (Å²) in [5.74, 6) is -1.00. The molecule has 0 bridgehead atoms. The van der Waals surface area contributed by atoms with Crippen molar-refractivity contribution in [2.45, 2.75) is 303 Å². The Bertz CT molecular complexity index is 1460. The fourth-order valence-electron chi connectivity index (χ4n) is 8.68. The molecule has 0 aromatic heterocycles. The van der Waals surface area contributed by atoms with E-state index in [0.717, 1.165) is 109 Å². The minimum atomic E-state index is -0.824. The standard InChI is InChI=1S/C68H116O6/c1-4-7-10-13-16-19-22-25-27-29-31-32-33-34-35-37-38-40-43-46-49-52-55-58-61-67(70)73-64-65(63-72-66(69)60-57-54-51-48-45-42-24-21-18-15-12-9-6-3)74-68(71)62-59-56-53-50-47-44-41-39-36-30-28-26-23-20-17-14-11-8-5-2/h8,11-12,15,17,20-21,24,26,28,36,39,44,47,53,56,65H,4-7,9-10,13-14,16,18-19,22-23,25,27,29-35,37-38,40-43,45-46,48-52,54-55,57-64H2,1-3H3/b11-8-,15-12-,20-17-,24-21-,28-26-,39-36-,47-44-,56-53-. The van der Waals surface area contributed by atoms with Crippen molar-refractivity contribution < 1.29 is 28.6 Å². The molecule has 6 nitrogen and oxygen atoms in total. The summed E-state index contributed by atoms with van der Waals surface area (Å²) in [6.07, 6.45) is 82.9. The van der Waals surface area contributed by atoms with Crippen LogP contribution in [0.2, 0.25) is 0 Å². The molecule has 1 atom stereocenters. The van der Waals surface area contributed by atoms with E-state index in [1.807, 2.05) is 6.08 Å². The molecular weight excluding hydrogens is 913 g/mol. The van der Waals surface area contributed by atoms with Crippen LogP contribution in [0.1, 0.15) is 297 Å². The zero-order valence-electron chi connectivity index (χ0n) is 48.6. The van der Waals surface area contributed by atoms with Crippen LogP contribution in [0.25, 0.3) is 0 Å². The quantitative estimate of drug-likeness (QED) is 0.0261. The van der Waals surface area contributed by atoms with E-state index in [2.05, 4.69) is 112 Å². The summed E-state index contributed by atoms with van der Waals surface area (Å²) in [4.78, 5) is 38.2. The summed E-state index contributed by atoms with van der Waals surface area (Å²) in [5, 5.41) is 0. The van der Waals surface area contributed by atoms with Gasteiger partial charge < -0.3 is 14.2 Å². The molecular formula is C68H116O6. The molecule has 74 heavy (non-hydrogen) atoms. The Labute approximate surface area is 457 Å². The second-order valence-corrected chi connectivity index (χ2v) is 20.6. The maximum Gasteiger partial charge on any atom is 0.306 e. The second-order valence-electron chi connectivity index (χ2n) is 20.6. The van der Waals surface area contributed by atoms with Gasteiger partial charge >= 0.3 is 17.9 Å². The molecule has 0 fully saturated rings. The lowest BCUT2D eigenvalue weighted by atomic mass is 10.0. The SMILES string of the molecule is CC/C=C\C/C=C\C/C=C\C/C=C\C/C=C\C/C=C\CCC(=O)OC(COC(=O)CCCCCCC/C=C\C/C=C\CCC)COC(=O)CCCCCCCCCCCCCCCCCCCCCCCCCC. The molecule has 0 aromatic rings. The van der Waals surface area contributed by atoms with Gasteiger partial charge in [0.15, 0.2) is 6.10 Å². The Morgan fingerprint density at radius 2 is 0.581 bits per heavy atom. The Hall–Kier alpha value is -3.67. The van der Waals surface area contributed by atoms with E-state index < -0.39 is 12.1 Å². The lowest BCUT2D eigenvalue weighted by molar-refractivity contribution is -0.166. The fraction of sp³-hybridized carbons (Fsp3) is 0.721. The molecule has 0 aromatic carbocycles. The number of rotatable bonds is 56. The molecule has 0 N–H and O–H groups in total. The molecule has 0 heterocycles. The highest BCUT2D eigenvalue weighted by molar-refractivity contribution is 5.71. The van der Waals surface area contributed by atoms with Crippen LogP contribution in [0.15, 0.2) is 97.2 Å². The third-order valence-corrected chi connectivity index (χ3v) is 13.3. The smallest absolute Gasteiger partial charge is 0.306 e. The van der Waals surface area contributed by atoms with E-state index in [1.54, 1.807) is 0 Å². The molecule has 0 rings (SSSR count). The lowest BCUT2D eigenvalue weighted by Crippen LogP contribution is -2.30. The van der Waals surface area contributed by atoms with Crippen LogP contribution in [0, 0.1) is 0 Å². The number of esters is 3. The molecule has 0 aliphatic heterocycles. The first-order valence-corrected chi connectivity index (χ1v) is 31.2. The van der Waals surface area contributed by atoms with Crippen molar-refractivity contribution in [2.24, 2.45) is 0 Å². The molecule has 0 saturated heterocycles. The summed E-state index contributed by atoms with van der Waals surface area (Å²) in [6.45, 7) is 6.42. The minimum Gasteiger partial charge on any atom is -0.462 e. The normalized spacial score (nSPS) is 12.7. The molecule has 0 amide bonds. The minimum absolute atomic E-state index is 0.110. The van der Waals surface area contributed by atoms with E-state index in [-0.39, 0.29) is 31.6 Å². The molecule has 424 valence electrons. The Morgan fingerprint density at radius 1 is 0.284 bits per heavy atom. The third kappa shape index (κ3) is 59.2. The fourth-order valence-corrected chi connectivity index (χ4v) is 8.68. The van der Waals surface area contributed by atoms with Crippen LogP contribution in [0.3, 0.4) is 0 Å². The van der Waals surface area contributed by atoms with Gasteiger partial charge in [-0.15, -0.1) is 0 Å². The highest BCUT2D eigenvalue weighted by atomic mass is 16.6. The first kappa shape index (κ1) is 70.3. The maximum absolute atomic E-state index is 12.8. The summed E-state index contributed by atoms with van der Waals surface area (Å²) in [6, 6.07) is 0. The van der Waals surface area contributed by atoms with Gasteiger partial charge in [-0.25, -0.2) is 0 Å². The Kier molecular flexibility index (Phi) is 58.8. The molecule has 0 saturated carbocycles. The van der Waals surface area contributed by atoms with Gasteiger partial charge in [-0.3, -0.25) is 14.4 Å². The van der Waals surface area contributed by atoms with E-state index in [9.17, 15) is 14.4 Å². The van der Waals surface area contributed by atoms with E-state index in [0.29, 0.717) is 19.3 Å². The number of hydrogen-bond acceptors (Lipinski definition) is 6. The van der Waals surface area contributed by atoms with Gasteiger partial charge in [-0.05, 0) is 83.5 Å². The van der Waals surface area contributed by atoms with Gasteiger partial charge in [0.1, 0.15) is 13.2 Å². The van der Waals surface area contributed by atoms with Crippen molar-refractivity contribution in [3.8, 4) is 0 Å². The first-order chi connectivity index (χ1) is 36.5. The number of allylic oxidation sites excluding steroid dienone is 16. The summed E-state index contributed by atoms with van der Waals surface area (Å²) in [7, 11) is 0. The van der Waals surface area contributed by atoms with Gasteiger partial charge in [0, 0.05) is 19.3 Å². The van der Waals surface area contributed by atoms with Crippen molar-refractivity contribution in [2.75, 3.05) is 13.2 Å². The maximum atomic E-state index is 12.8. The predicted octanol–water partition coefficient (Wildman–Crippen LogP) is 21.3. The van der Waals surface area contributed by atoms with Crippen molar-refractivity contribution in [1.82, 2.24) is 0 Å². The highest BCUT2D eigenvalue weighted by Crippen LogP contribution is 2.17. The number of ether oxygens (including phenoxy) is 3. The average molecular weight is 1030 g/mol. The lowest BCUT2D eigenvalue weighted by Gasteiger charge is -2.18. The van der Waals surface area contributed by atoms with Crippen molar-refractivity contribution >= 4 is 17.9 Å². The molecule has 0 radical (unpaired) electrons. The topological polar surface area (TPSA) is 78.9 Å². The Morgan fingerprint density at radius 3 is 0.932 bits per heavy atom. The average Bonchev–Trinajstić information content (AvgIpc) is 3.40. The van der Waals surface area contributed by atoms with Crippen molar-refractivity contribution in [3.05, 3.63) is 97.2 Å². The van der Waals surface area contributed by atoms with Gasteiger partial charge in [-0.1, -0.05) is 291 Å². The Balaban J connectivity index is 4.39. The number of carbonyl (C=O) groups is 3. The van der Waals surface area contributed by atoms with Crippen LogP contribution in [-0.4, -0.2) is 37.2 Å². The van der Waals surface area contributed by atoms with Crippen LogP contribution < -0.4 is 0 Å². The van der Waals surface area contributed by atoms with Crippen molar-refractivity contribution in [3.63, 3.8) is 0 Å². The third-order valence-electron chi connectivity index (χ3n) is 13.3. The van der Waals surface area contributed by atoms with E-state index >= 15 is 0 Å². The predicted molar refractivity (Wildman–Crippen MR) is 320 cm³/mol. The summed E-state index contributed by atoms with van der Waals surface area (Å²) in [5.41, 5.74) is 0. The van der Waals surface area contributed by atoms with Gasteiger partial charge in [0.2, 0.25) is 0 Å². The molecule has 0 spiro atoms.